The summed E-state index contributed by atoms with van der Waals surface area (Å²) in [6.45, 7) is 4.10. The summed E-state index contributed by atoms with van der Waals surface area (Å²) in [7, 11) is 1.56. The van der Waals surface area contributed by atoms with Crippen LogP contribution in [-0.4, -0.2) is 19.6 Å². The summed E-state index contributed by atoms with van der Waals surface area (Å²) in [4.78, 5) is 12.5. The number of carbonyl (C=O) groups excluding carboxylic acids is 1. The lowest BCUT2D eigenvalue weighted by Crippen LogP contribution is -2.14. The number of benzene rings is 2. The van der Waals surface area contributed by atoms with E-state index in [2.05, 4.69) is 5.32 Å². The Labute approximate surface area is 157 Å². The Bertz CT molecular complexity index is 885. The molecule has 134 valence electrons. The third-order valence-electron chi connectivity index (χ3n) is 3.70. The van der Waals surface area contributed by atoms with Crippen LogP contribution >= 0.6 is 11.6 Å². The molecule has 5 nitrogen and oxygen atoms in total. The van der Waals surface area contributed by atoms with Crippen molar-refractivity contribution in [2.24, 2.45) is 0 Å². The van der Waals surface area contributed by atoms with Gasteiger partial charge in [0.15, 0.2) is 0 Å². The van der Waals surface area contributed by atoms with E-state index in [-0.39, 0.29) is 5.57 Å². The van der Waals surface area contributed by atoms with Crippen LogP contribution in [0.5, 0.6) is 11.5 Å². The van der Waals surface area contributed by atoms with E-state index in [0.717, 1.165) is 5.56 Å². The van der Waals surface area contributed by atoms with Gasteiger partial charge in [0.25, 0.3) is 5.91 Å². The van der Waals surface area contributed by atoms with E-state index >= 15 is 0 Å². The van der Waals surface area contributed by atoms with Gasteiger partial charge >= 0.3 is 0 Å². The lowest BCUT2D eigenvalue weighted by molar-refractivity contribution is -0.112. The highest BCUT2D eigenvalue weighted by Crippen LogP contribution is 2.28. The Morgan fingerprint density at radius 2 is 2.12 bits per heavy atom. The number of ether oxygens (including phenoxy) is 2. The van der Waals surface area contributed by atoms with Gasteiger partial charge in [-0.05, 0) is 49.8 Å². The molecule has 0 spiro atoms. The number of rotatable bonds is 6. The SMILES string of the molecule is CCOc1cc(OC)ccc1/C=C(\C#N)C(=O)Nc1cccc(Cl)c1C. The smallest absolute Gasteiger partial charge is 0.266 e. The number of anilines is 1. The Morgan fingerprint density at radius 1 is 1.35 bits per heavy atom. The highest BCUT2D eigenvalue weighted by atomic mass is 35.5. The van der Waals surface area contributed by atoms with Gasteiger partial charge in [0.05, 0.1) is 13.7 Å². The molecule has 1 N–H and O–H groups in total. The van der Waals surface area contributed by atoms with Gasteiger partial charge in [-0.25, -0.2) is 0 Å². The molecule has 0 saturated heterocycles. The zero-order valence-corrected chi connectivity index (χ0v) is 15.6. The fraction of sp³-hybridized carbons (Fsp3) is 0.200. The molecule has 2 rings (SSSR count). The number of nitriles is 1. The number of carbonyl (C=O) groups is 1. The van der Waals surface area contributed by atoms with Crippen LogP contribution in [-0.2, 0) is 4.79 Å². The molecule has 0 saturated carbocycles. The number of nitrogens with one attached hydrogen (secondary N) is 1. The Morgan fingerprint density at radius 3 is 2.77 bits per heavy atom. The lowest BCUT2D eigenvalue weighted by Gasteiger charge is -2.11. The van der Waals surface area contributed by atoms with Crippen molar-refractivity contribution in [1.82, 2.24) is 0 Å². The minimum absolute atomic E-state index is 0.0458. The summed E-state index contributed by atoms with van der Waals surface area (Å²) in [5.74, 6) is 0.644. The fourth-order valence-corrected chi connectivity index (χ4v) is 2.45. The summed E-state index contributed by atoms with van der Waals surface area (Å²) in [6, 6.07) is 12.3. The van der Waals surface area contributed by atoms with Crippen LogP contribution in [0.1, 0.15) is 18.1 Å². The summed E-state index contributed by atoms with van der Waals surface area (Å²) >= 11 is 6.07. The first-order valence-corrected chi connectivity index (χ1v) is 8.37. The summed E-state index contributed by atoms with van der Waals surface area (Å²) in [5.41, 5.74) is 1.86. The van der Waals surface area contributed by atoms with E-state index in [1.807, 2.05) is 13.0 Å². The first kappa shape index (κ1) is 19.4. The molecule has 0 aromatic heterocycles. The van der Waals surface area contributed by atoms with Crippen LogP contribution in [0.3, 0.4) is 0 Å². The summed E-state index contributed by atoms with van der Waals surface area (Å²) < 4.78 is 10.8. The van der Waals surface area contributed by atoms with Crippen molar-refractivity contribution in [2.75, 3.05) is 19.0 Å². The maximum atomic E-state index is 12.5. The van der Waals surface area contributed by atoms with E-state index in [1.54, 1.807) is 50.4 Å². The topological polar surface area (TPSA) is 71.3 Å². The van der Waals surface area contributed by atoms with Crippen LogP contribution < -0.4 is 14.8 Å². The highest BCUT2D eigenvalue weighted by molar-refractivity contribution is 6.31. The minimum Gasteiger partial charge on any atom is -0.497 e. The molecular formula is C20H19ClN2O3. The van der Waals surface area contributed by atoms with E-state index in [1.165, 1.54) is 6.08 Å². The average Bonchev–Trinajstić information content (AvgIpc) is 2.64. The zero-order chi connectivity index (χ0) is 19.1. The molecule has 0 unspecified atom stereocenters. The Kier molecular flexibility index (Phi) is 6.65. The van der Waals surface area contributed by atoms with Gasteiger partial charge in [0.1, 0.15) is 23.1 Å². The number of nitrogens with zero attached hydrogens (tertiary/aromatic N) is 1. The van der Waals surface area contributed by atoms with E-state index < -0.39 is 5.91 Å². The molecule has 26 heavy (non-hydrogen) atoms. The van der Waals surface area contributed by atoms with Crippen LogP contribution in [0.2, 0.25) is 5.02 Å². The van der Waals surface area contributed by atoms with Crippen molar-refractivity contribution < 1.29 is 14.3 Å². The molecule has 0 aliphatic heterocycles. The quantitative estimate of drug-likeness (QED) is 0.595. The van der Waals surface area contributed by atoms with Crippen LogP contribution in [0.15, 0.2) is 42.0 Å². The van der Waals surface area contributed by atoms with Crippen LogP contribution in [0, 0.1) is 18.3 Å². The van der Waals surface area contributed by atoms with Crippen LogP contribution in [0.4, 0.5) is 5.69 Å². The normalized spacial score (nSPS) is 10.8. The Hall–Kier alpha value is -2.97. The maximum Gasteiger partial charge on any atom is 0.266 e. The molecule has 0 fully saturated rings. The second-order valence-corrected chi connectivity index (χ2v) is 5.78. The van der Waals surface area contributed by atoms with Crippen LogP contribution in [0.25, 0.3) is 6.08 Å². The second kappa shape index (κ2) is 8.93. The van der Waals surface area contributed by atoms with Gasteiger partial charge in [-0.2, -0.15) is 5.26 Å². The molecular weight excluding hydrogens is 352 g/mol. The van der Waals surface area contributed by atoms with E-state index in [0.29, 0.717) is 34.4 Å². The molecule has 0 heterocycles. The van der Waals surface area contributed by atoms with Gasteiger partial charge in [-0.1, -0.05) is 17.7 Å². The van der Waals surface area contributed by atoms with Gasteiger partial charge in [0, 0.05) is 22.3 Å². The first-order chi connectivity index (χ1) is 12.5. The molecule has 2 aromatic carbocycles. The summed E-state index contributed by atoms with van der Waals surface area (Å²) in [6.07, 6.45) is 1.49. The van der Waals surface area contributed by atoms with E-state index in [9.17, 15) is 10.1 Å². The average molecular weight is 371 g/mol. The summed E-state index contributed by atoms with van der Waals surface area (Å²) in [5, 5.41) is 12.7. The minimum atomic E-state index is -0.517. The molecule has 0 bridgehead atoms. The number of amides is 1. The molecule has 2 aromatic rings. The fourth-order valence-electron chi connectivity index (χ4n) is 2.28. The zero-order valence-electron chi connectivity index (χ0n) is 14.8. The van der Waals surface area contributed by atoms with E-state index in [4.69, 9.17) is 21.1 Å². The van der Waals surface area contributed by atoms with Gasteiger partial charge in [0.2, 0.25) is 0 Å². The van der Waals surface area contributed by atoms with Gasteiger partial charge < -0.3 is 14.8 Å². The number of halogens is 1. The maximum absolute atomic E-state index is 12.5. The standard InChI is InChI=1S/C20H19ClN2O3/c1-4-26-19-11-16(25-3)9-8-14(19)10-15(12-22)20(24)23-18-7-5-6-17(21)13(18)2/h5-11H,4H2,1-3H3,(H,23,24)/b15-10+. The third-order valence-corrected chi connectivity index (χ3v) is 4.11. The molecule has 1 amide bonds. The molecule has 6 heteroatoms. The largest absolute Gasteiger partial charge is 0.497 e. The molecule has 0 radical (unpaired) electrons. The number of methoxy groups -OCH3 is 1. The molecule has 0 aliphatic carbocycles. The number of hydrogen-bond donors (Lipinski definition) is 1. The monoisotopic (exact) mass is 370 g/mol. The molecule has 0 atom stereocenters. The predicted octanol–water partition coefficient (Wildman–Crippen LogP) is 4.60. The third kappa shape index (κ3) is 4.56. The lowest BCUT2D eigenvalue weighted by atomic mass is 10.1. The van der Waals surface area contributed by atoms with Crippen molar-refractivity contribution >= 4 is 29.3 Å². The second-order valence-electron chi connectivity index (χ2n) is 5.37. The first-order valence-electron chi connectivity index (χ1n) is 7.99. The van der Waals surface area contributed by atoms with Gasteiger partial charge in [-0.15, -0.1) is 0 Å². The predicted molar refractivity (Wildman–Crippen MR) is 103 cm³/mol. The van der Waals surface area contributed by atoms with Gasteiger partial charge in [-0.3, -0.25) is 4.79 Å². The number of hydrogen-bond acceptors (Lipinski definition) is 4. The van der Waals surface area contributed by atoms with Crippen molar-refractivity contribution in [3.05, 3.63) is 58.1 Å². The highest BCUT2D eigenvalue weighted by Gasteiger charge is 2.13. The van der Waals surface area contributed by atoms with Crippen molar-refractivity contribution in [1.29, 1.82) is 5.26 Å². The van der Waals surface area contributed by atoms with Crippen molar-refractivity contribution in [2.45, 2.75) is 13.8 Å². The van der Waals surface area contributed by atoms with Crippen molar-refractivity contribution in [3.63, 3.8) is 0 Å². The Balaban J connectivity index is 2.34. The van der Waals surface area contributed by atoms with Crippen molar-refractivity contribution in [3.8, 4) is 17.6 Å². The molecule has 0 aliphatic rings.